The highest BCUT2D eigenvalue weighted by atomic mass is 35.5. The molecule has 0 spiro atoms. The molecule has 4 heteroatoms. The van der Waals surface area contributed by atoms with E-state index in [1.165, 1.54) is 11.5 Å². The molecule has 1 N–H and O–H groups in total. The van der Waals surface area contributed by atoms with Crippen LogP contribution in [0.2, 0.25) is 5.02 Å². The molecule has 0 fully saturated rings. The molecule has 0 saturated heterocycles. The molecule has 0 saturated carbocycles. The Morgan fingerprint density at radius 1 is 1.29 bits per heavy atom. The van der Waals surface area contributed by atoms with Gasteiger partial charge >= 0.3 is 0 Å². The second kappa shape index (κ2) is 3.98. The smallest absolute Gasteiger partial charge is 0.261 e. The third-order valence-corrected chi connectivity index (χ3v) is 2.91. The van der Waals surface area contributed by atoms with Gasteiger partial charge in [-0.3, -0.25) is 9.17 Å². The lowest BCUT2D eigenvalue weighted by Gasteiger charge is -1.97. The third kappa shape index (κ3) is 2.05. The van der Waals surface area contributed by atoms with Gasteiger partial charge in [-0.2, -0.15) is 0 Å². The molecule has 1 aromatic heterocycles. The first kappa shape index (κ1) is 9.49. The first-order valence-electron chi connectivity index (χ1n) is 4.15. The number of nitrogens with one attached hydrogen (secondary N) is 1. The molecule has 0 bridgehead atoms. The van der Waals surface area contributed by atoms with Gasteiger partial charge in [0.25, 0.3) is 5.56 Å². The molecule has 72 valence electrons. The quantitative estimate of drug-likeness (QED) is 0.838. The van der Waals surface area contributed by atoms with Crippen molar-refractivity contribution in [1.82, 2.24) is 4.37 Å². The zero-order chi connectivity index (χ0) is 9.97. The van der Waals surface area contributed by atoms with Crippen molar-refractivity contribution < 1.29 is 0 Å². The molecule has 1 heterocycles. The molecule has 0 amide bonds. The van der Waals surface area contributed by atoms with Gasteiger partial charge in [0.2, 0.25) is 0 Å². The second-order valence-electron chi connectivity index (χ2n) is 3.00. The van der Waals surface area contributed by atoms with Gasteiger partial charge in [0.1, 0.15) is 0 Å². The van der Waals surface area contributed by atoms with E-state index >= 15 is 0 Å². The van der Waals surface area contributed by atoms with Crippen LogP contribution in [-0.2, 0) is 6.42 Å². The van der Waals surface area contributed by atoms with Crippen LogP contribution in [0.4, 0.5) is 0 Å². The number of hydrogen-bond acceptors (Lipinski definition) is 2. The van der Waals surface area contributed by atoms with Crippen LogP contribution in [0.3, 0.4) is 0 Å². The Bertz CT molecular complexity index is 471. The molecule has 0 atom stereocenters. The Morgan fingerprint density at radius 2 is 2.00 bits per heavy atom. The van der Waals surface area contributed by atoms with E-state index in [9.17, 15) is 4.79 Å². The van der Waals surface area contributed by atoms with E-state index in [1.54, 1.807) is 0 Å². The van der Waals surface area contributed by atoms with E-state index in [4.69, 9.17) is 11.6 Å². The number of aromatic amines is 1. The summed E-state index contributed by atoms with van der Waals surface area (Å²) in [5, 5.41) is 2.56. The van der Waals surface area contributed by atoms with Gasteiger partial charge in [-0.05, 0) is 17.7 Å². The highest BCUT2D eigenvalue weighted by Gasteiger charge is 2.01. The third-order valence-electron chi connectivity index (χ3n) is 1.95. The van der Waals surface area contributed by atoms with Crippen molar-refractivity contribution in [3.8, 4) is 0 Å². The largest absolute Gasteiger partial charge is 0.278 e. The van der Waals surface area contributed by atoms with Crippen molar-refractivity contribution in [1.29, 1.82) is 0 Å². The van der Waals surface area contributed by atoms with Crippen molar-refractivity contribution in [2.24, 2.45) is 0 Å². The lowest BCUT2D eigenvalue weighted by atomic mass is 10.1. The van der Waals surface area contributed by atoms with Crippen molar-refractivity contribution in [3.63, 3.8) is 0 Å². The Hall–Kier alpha value is -1.06. The minimum absolute atomic E-state index is 0.00458. The minimum atomic E-state index is 0.00458. The van der Waals surface area contributed by atoms with Gasteiger partial charge in [-0.25, -0.2) is 0 Å². The Kier molecular flexibility index (Phi) is 2.70. The molecule has 0 radical (unpaired) electrons. The SMILES string of the molecule is O=c1[nH]scc1Cc1ccc(Cl)cc1. The number of hydrogen-bond donors (Lipinski definition) is 1. The summed E-state index contributed by atoms with van der Waals surface area (Å²) in [6.07, 6.45) is 0.663. The zero-order valence-corrected chi connectivity index (χ0v) is 8.86. The van der Waals surface area contributed by atoms with Crippen molar-refractivity contribution >= 4 is 23.1 Å². The van der Waals surface area contributed by atoms with E-state index < -0.39 is 0 Å². The van der Waals surface area contributed by atoms with E-state index in [0.717, 1.165) is 11.1 Å². The molecule has 0 aliphatic rings. The lowest BCUT2D eigenvalue weighted by Crippen LogP contribution is -2.05. The summed E-state index contributed by atoms with van der Waals surface area (Å²) in [5.41, 5.74) is 1.90. The molecule has 14 heavy (non-hydrogen) atoms. The normalized spacial score (nSPS) is 10.4. The number of H-pyrrole nitrogens is 1. The zero-order valence-electron chi connectivity index (χ0n) is 7.29. The standard InChI is InChI=1S/C10H8ClNOS/c11-9-3-1-7(2-4-9)5-8-6-14-12-10(8)13/h1-4,6H,5H2,(H,12,13). The van der Waals surface area contributed by atoms with Crippen LogP contribution in [0.1, 0.15) is 11.1 Å². The van der Waals surface area contributed by atoms with Crippen LogP contribution >= 0.6 is 23.1 Å². The first-order chi connectivity index (χ1) is 6.75. The fourth-order valence-corrected chi connectivity index (χ4v) is 1.97. The Labute approximate surface area is 90.3 Å². The maximum atomic E-state index is 11.2. The molecule has 2 nitrogen and oxygen atoms in total. The molecule has 0 aliphatic carbocycles. The van der Waals surface area contributed by atoms with Crippen molar-refractivity contribution in [2.45, 2.75) is 6.42 Å². The van der Waals surface area contributed by atoms with Gasteiger partial charge in [0.15, 0.2) is 0 Å². The molecular formula is C10H8ClNOS. The summed E-state index contributed by atoms with van der Waals surface area (Å²) in [6, 6.07) is 7.52. The van der Waals surface area contributed by atoms with Crippen LogP contribution < -0.4 is 5.56 Å². The number of halogens is 1. The van der Waals surface area contributed by atoms with E-state index in [0.29, 0.717) is 11.4 Å². The van der Waals surface area contributed by atoms with Crippen molar-refractivity contribution in [3.05, 3.63) is 56.1 Å². The van der Waals surface area contributed by atoms with E-state index in [1.807, 2.05) is 29.6 Å². The highest BCUT2D eigenvalue weighted by Crippen LogP contribution is 2.12. The fraction of sp³-hybridized carbons (Fsp3) is 0.100. The lowest BCUT2D eigenvalue weighted by molar-refractivity contribution is 1.16. The van der Waals surface area contributed by atoms with Crippen LogP contribution in [0.25, 0.3) is 0 Å². The maximum absolute atomic E-state index is 11.2. The molecule has 2 aromatic rings. The number of aromatic nitrogens is 1. The Morgan fingerprint density at radius 3 is 2.57 bits per heavy atom. The van der Waals surface area contributed by atoms with Gasteiger partial charge < -0.3 is 0 Å². The fourth-order valence-electron chi connectivity index (χ4n) is 1.22. The van der Waals surface area contributed by atoms with Crippen LogP contribution in [0, 0.1) is 0 Å². The van der Waals surface area contributed by atoms with Gasteiger partial charge in [0, 0.05) is 22.4 Å². The van der Waals surface area contributed by atoms with E-state index in [2.05, 4.69) is 4.37 Å². The molecule has 0 aliphatic heterocycles. The van der Waals surface area contributed by atoms with Gasteiger partial charge in [-0.15, -0.1) is 0 Å². The minimum Gasteiger partial charge on any atom is -0.278 e. The van der Waals surface area contributed by atoms with Crippen molar-refractivity contribution in [2.75, 3.05) is 0 Å². The summed E-state index contributed by atoms with van der Waals surface area (Å²) in [5.74, 6) is 0. The summed E-state index contributed by atoms with van der Waals surface area (Å²) in [7, 11) is 0. The molecule has 2 rings (SSSR count). The second-order valence-corrected chi connectivity index (χ2v) is 4.11. The average Bonchev–Trinajstić information content (AvgIpc) is 2.56. The summed E-state index contributed by atoms with van der Waals surface area (Å²) >= 11 is 7.08. The van der Waals surface area contributed by atoms with E-state index in [-0.39, 0.29) is 5.56 Å². The summed E-state index contributed by atoms with van der Waals surface area (Å²) in [4.78, 5) is 11.2. The average molecular weight is 226 g/mol. The number of rotatable bonds is 2. The predicted molar refractivity (Wildman–Crippen MR) is 59.2 cm³/mol. The Balaban J connectivity index is 2.23. The molecular weight excluding hydrogens is 218 g/mol. The molecule has 0 unspecified atom stereocenters. The van der Waals surface area contributed by atoms with Gasteiger partial charge in [-0.1, -0.05) is 35.3 Å². The maximum Gasteiger partial charge on any atom is 0.261 e. The topological polar surface area (TPSA) is 32.9 Å². The predicted octanol–water partition coefficient (Wildman–Crippen LogP) is 2.68. The number of benzene rings is 1. The van der Waals surface area contributed by atoms with Crippen LogP contribution in [0.15, 0.2) is 34.4 Å². The monoisotopic (exact) mass is 225 g/mol. The highest BCUT2D eigenvalue weighted by molar-refractivity contribution is 7.03. The summed E-state index contributed by atoms with van der Waals surface area (Å²) < 4.78 is 2.66. The van der Waals surface area contributed by atoms with Crippen LogP contribution in [-0.4, -0.2) is 4.37 Å². The van der Waals surface area contributed by atoms with Gasteiger partial charge in [0.05, 0.1) is 0 Å². The summed E-state index contributed by atoms with van der Waals surface area (Å²) in [6.45, 7) is 0. The molecule has 1 aromatic carbocycles. The van der Waals surface area contributed by atoms with Crippen LogP contribution in [0.5, 0.6) is 0 Å². The first-order valence-corrected chi connectivity index (χ1v) is 5.41.